The Balaban J connectivity index is 3.09. The first-order chi connectivity index (χ1) is 7.41. The smallest absolute Gasteiger partial charge is 0.336 e. The Kier molecular flexibility index (Phi) is 3.90. The van der Waals surface area contributed by atoms with Crippen LogP contribution >= 0.6 is 11.6 Å². The second-order valence-corrected chi connectivity index (χ2v) is 3.76. The molecule has 1 aromatic carbocycles. The predicted octanol–water partition coefficient (Wildman–Crippen LogP) is 2.41. The number of halogens is 1. The third kappa shape index (κ3) is 2.97. The van der Waals surface area contributed by atoms with E-state index in [-0.39, 0.29) is 12.2 Å². The zero-order valence-corrected chi connectivity index (χ0v) is 9.67. The average Bonchev–Trinajstić information content (AvgIpc) is 2.18. The number of carbonyl (C=O) groups is 2. The Morgan fingerprint density at radius 3 is 2.56 bits per heavy atom. The quantitative estimate of drug-likeness (QED) is 0.827. The second kappa shape index (κ2) is 4.99. The lowest BCUT2D eigenvalue weighted by Crippen LogP contribution is -2.06. The molecule has 1 rings (SSSR count). The molecular weight excluding hydrogens is 232 g/mol. The molecule has 0 saturated carbocycles. The van der Waals surface area contributed by atoms with Gasteiger partial charge in [-0.05, 0) is 30.2 Å². The summed E-state index contributed by atoms with van der Waals surface area (Å²) in [5.41, 5.74) is 1.27. The summed E-state index contributed by atoms with van der Waals surface area (Å²) in [6, 6.07) is 2.96. The topological polar surface area (TPSA) is 63.6 Å². The fourth-order valence-corrected chi connectivity index (χ4v) is 1.53. The van der Waals surface area contributed by atoms with Crippen molar-refractivity contribution in [1.82, 2.24) is 0 Å². The standard InChI is InChI=1S/C11H11ClO4/c1-6-8(5-16-7(2)13)3-9(12)4-10(6)11(14)15/h3-4H,5H2,1-2H3,(H,14,15). The summed E-state index contributed by atoms with van der Waals surface area (Å²) in [5.74, 6) is -1.47. The summed E-state index contributed by atoms with van der Waals surface area (Å²) < 4.78 is 4.81. The van der Waals surface area contributed by atoms with E-state index in [1.807, 2.05) is 0 Å². The molecule has 86 valence electrons. The maximum Gasteiger partial charge on any atom is 0.336 e. The lowest BCUT2D eigenvalue weighted by molar-refractivity contribution is -0.142. The van der Waals surface area contributed by atoms with Gasteiger partial charge in [-0.1, -0.05) is 11.6 Å². The van der Waals surface area contributed by atoms with Gasteiger partial charge in [-0.2, -0.15) is 0 Å². The van der Waals surface area contributed by atoms with Gasteiger partial charge in [-0.25, -0.2) is 4.79 Å². The minimum atomic E-state index is -1.05. The molecule has 4 nitrogen and oxygen atoms in total. The van der Waals surface area contributed by atoms with Gasteiger partial charge in [0.15, 0.2) is 0 Å². The molecule has 1 N–H and O–H groups in total. The highest BCUT2D eigenvalue weighted by Crippen LogP contribution is 2.21. The van der Waals surface area contributed by atoms with Crippen LogP contribution in [0, 0.1) is 6.92 Å². The summed E-state index contributed by atoms with van der Waals surface area (Å²) in [4.78, 5) is 21.6. The van der Waals surface area contributed by atoms with Crippen molar-refractivity contribution in [3.63, 3.8) is 0 Å². The molecule has 0 aliphatic rings. The number of benzene rings is 1. The molecule has 0 aliphatic heterocycles. The first-order valence-electron chi connectivity index (χ1n) is 4.57. The summed E-state index contributed by atoms with van der Waals surface area (Å²) in [6.07, 6.45) is 0. The summed E-state index contributed by atoms with van der Waals surface area (Å²) in [7, 11) is 0. The number of hydrogen-bond acceptors (Lipinski definition) is 3. The van der Waals surface area contributed by atoms with Crippen LogP contribution in [-0.2, 0) is 16.1 Å². The predicted molar refractivity (Wildman–Crippen MR) is 58.6 cm³/mol. The van der Waals surface area contributed by atoms with Crippen molar-refractivity contribution >= 4 is 23.5 Å². The largest absolute Gasteiger partial charge is 0.478 e. The van der Waals surface area contributed by atoms with Gasteiger partial charge in [-0.15, -0.1) is 0 Å². The van der Waals surface area contributed by atoms with Crippen LogP contribution in [0.2, 0.25) is 5.02 Å². The first-order valence-corrected chi connectivity index (χ1v) is 4.95. The zero-order valence-electron chi connectivity index (χ0n) is 8.91. The van der Waals surface area contributed by atoms with E-state index in [1.165, 1.54) is 13.0 Å². The van der Waals surface area contributed by atoms with Crippen LogP contribution in [0.4, 0.5) is 0 Å². The van der Waals surface area contributed by atoms with Crippen LogP contribution in [0.25, 0.3) is 0 Å². The normalized spacial score (nSPS) is 9.94. The highest BCUT2D eigenvalue weighted by atomic mass is 35.5. The van der Waals surface area contributed by atoms with E-state index in [0.29, 0.717) is 16.1 Å². The Bertz CT molecular complexity index is 440. The Hall–Kier alpha value is -1.55. The monoisotopic (exact) mass is 242 g/mol. The van der Waals surface area contributed by atoms with Gasteiger partial charge in [0.25, 0.3) is 0 Å². The maximum atomic E-state index is 10.9. The molecule has 0 fully saturated rings. The third-order valence-corrected chi connectivity index (χ3v) is 2.36. The number of esters is 1. The van der Waals surface area contributed by atoms with E-state index in [4.69, 9.17) is 21.4 Å². The molecule has 1 aromatic rings. The fourth-order valence-electron chi connectivity index (χ4n) is 1.29. The molecule has 16 heavy (non-hydrogen) atoms. The van der Waals surface area contributed by atoms with Crippen molar-refractivity contribution in [3.05, 3.63) is 33.8 Å². The van der Waals surface area contributed by atoms with Crippen LogP contribution in [0.5, 0.6) is 0 Å². The molecule has 0 bridgehead atoms. The van der Waals surface area contributed by atoms with E-state index >= 15 is 0 Å². The minimum Gasteiger partial charge on any atom is -0.478 e. The molecule has 0 saturated heterocycles. The molecule has 0 atom stereocenters. The number of ether oxygens (including phenoxy) is 1. The molecule has 0 radical (unpaired) electrons. The van der Waals surface area contributed by atoms with Crippen molar-refractivity contribution in [2.75, 3.05) is 0 Å². The molecule has 0 unspecified atom stereocenters. The Labute approximate surface area is 97.8 Å². The van der Waals surface area contributed by atoms with Gasteiger partial charge in [0.05, 0.1) is 5.56 Å². The van der Waals surface area contributed by atoms with E-state index in [0.717, 1.165) is 0 Å². The zero-order chi connectivity index (χ0) is 12.3. The van der Waals surface area contributed by atoms with Crippen molar-refractivity contribution < 1.29 is 19.4 Å². The van der Waals surface area contributed by atoms with Crippen molar-refractivity contribution in [2.45, 2.75) is 20.5 Å². The minimum absolute atomic E-state index is 0.0298. The number of hydrogen-bond donors (Lipinski definition) is 1. The fraction of sp³-hybridized carbons (Fsp3) is 0.273. The number of carbonyl (C=O) groups excluding carboxylic acids is 1. The number of carboxylic acid groups (broad SMARTS) is 1. The Morgan fingerprint density at radius 2 is 2.06 bits per heavy atom. The van der Waals surface area contributed by atoms with E-state index in [1.54, 1.807) is 13.0 Å². The number of aromatic carboxylic acids is 1. The SMILES string of the molecule is CC(=O)OCc1cc(Cl)cc(C(=O)O)c1C. The van der Waals surface area contributed by atoms with Crippen molar-refractivity contribution in [1.29, 1.82) is 0 Å². The molecular formula is C11H11ClO4. The first kappa shape index (κ1) is 12.5. The van der Waals surface area contributed by atoms with E-state index < -0.39 is 11.9 Å². The molecule has 5 heteroatoms. The van der Waals surface area contributed by atoms with Crippen LogP contribution < -0.4 is 0 Å². The van der Waals surface area contributed by atoms with Gasteiger partial charge in [0, 0.05) is 11.9 Å². The van der Waals surface area contributed by atoms with Crippen molar-refractivity contribution in [2.24, 2.45) is 0 Å². The van der Waals surface area contributed by atoms with Crippen LogP contribution in [0.3, 0.4) is 0 Å². The molecule has 0 spiro atoms. The van der Waals surface area contributed by atoms with Crippen LogP contribution in [0.1, 0.15) is 28.4 Å². The second-order valence-electron chi connectivity index (χ2n) is 3.32. The van der Waals surface area contributed by atoms with Crippen LogP contribution in [-0.4, -0.2) is 17.0 Å². The van der Waals surface area contributed by atoms with Gasteiger partial charge in [0.1, 0.15) is 6.61 Å². The lowest BCUT2D eigenvalue weighted by Gasteiger charge is -2.09. The Morgan fingerprint density at radius 1 is 1.44 bits per heavy atom. The van der Waals surface area contributed by atoms with Gasteiger partial charge < -0.3 is 9.84 Å². The number of carboxylic acids is 1. The molecule has 0 aromatic heterocycles. The van der Waals surface area contributed by atoms with Crippen LogP contribution in [0.15, 0.2) is 12.1 Å². The van der Waals surface area contributed by atoms with Gasteiger partial charge in [-0.3, -0.25) is 4.79 Å². The molecule has 0 aliphatic carbocycles. The van der Waals surface area contributed by atoms with Gasteiger partial charge in [0.2, 0.25) is 0 Å². The summed E-state index contributed by atoms with van der Waals surface area (Å²) >= 11 is 5.78. The maximum absolute atomic E-state index is 10.9. The average molecular weight is 243 g/mol. The summed E-state index contributed by atoms with van der Waals surface area (Å²) in [6.45, 7) is 2.97. The number of rotatable bonds is 3. The van der Waals surface area contributed by atoms with E-state index in [9.17, 15) is 9.59 Å². The van der Waals surface area contributed by atoms with E-state index in [2.05, 4.69) is 0 Å². The molecule has 0 amide bonds. The third-order valence-electron chi connectivity index (χ3n) is 2.14. The highest BCUT2D eigenvalue weighted by molar-refractivity contribution is 6.31. The summed E-state index contributed by atoms with van der Waals surface area (Å²) in [5, 5.41) is 9.24. The molecule has 0 heterocycles. The lowest BCUT2D eigenvalue weighted by atomic mass is 10.0. The van der Waals surface area contributed by atoms with Crippen molar-refractivity contribution in [3.8, 4) is 0 Å². The van der Waals surface area contributed by atoms with Gasteiger partial charge >= 0.3 is 11.9 Å². The highest BCUT2D eigenvalue weighted by Gasteiger charge is 2.12.